The molecule has 0 aliphatic carbocycles. The van der Waals surface area contributed by atoms with E-state index >= 15 is 0 Å². The number of aromatic nitrogens is 1. The Bertz CT molecular complexity index is 339. The van der Waals surface area contributed by atoms with Gasteiger partial charge < -0.3 is 10.2 Å². The maximum atomic E-state index is 9.57. The summed E-state index contributed by atoms with van der Waals surface area (Å²) < 4.78 is 3.76. The Labute approximate surface area is 89.8 Å². The molecular weight excluding hydrogens is 283 g/mol. The molecule has 0 radical (unpaired) electrons. The van der Waals surface area contributed by atoms with Gasteiger partial charge in [-0.25, -0.2) is 3.21 Å². The van der Waals surface area contributed by atoms with E-state index in [1.54, 1.807) is 6.92 Å². The molecule has 0 unspecified atom stereocenters. The highest BCUT2D eigenvalue weighted by Gasteiger charge is 2.08. The van der Waals surface area contributed by atoms with Gasteiger partial charge in [-0.2, -0.15) is 0 Å². The van der Waals surface area contributed by atoms with Gasteiger partial charge in [-0.3, -0.25) is 4.98 Å². The minimum absolute atomic E-state index is 0.0759. The molecule has 0 amide bonds. The zero-order chi connectivity index (χ0) is 9.84. The minimum Gasteiger partial charge on any atom is -0.505 e. The average Bonchev–Trinajstić information content (AvgIpc) is 2.14. The van der Waals surface area contributed by atoms with Gasteiger partial charge in [0.1, 0.15) is 5.75 Å². The van der Waals surface area contributed by atoms with E-state index < -0.39 is 0 Å². The van der Waals surface area contributed by atoms with Crippen LogP contribution in [0.1, 0.15) is 16.8 Å². The number of rotatable bonds is 2. The lowest BCUT2D eigenvalue weighted by molar-refractivity contribution is 0.280. The Balaban J connectivity index is 3.32. The second-order valence-electron chi connectivity index (χ2n) is 2.52. The third kappa shape index (κ3) is 2.16. The smallest absolute Gasteiger partial charge is 0.145 e. The molecule has 1 aromatic heterocycles. The van der Waals surface area contributed by atoms with E-state index in [1.165, 1.54) is 12.4 Å². The van der Waals surface area contributed by atoms with Crippen LogP contribution in [0.5, 0.6) is 5.75 Å². The maximum absolute atomic E-state index is 9.57. The van der Waals surface area contributed by atoms with Crippen molar-refractivity contribution in [2.24, 2.45) is 3.21 Å². The third-order valence-electron chi connectivity index (χ3n) is 1.71. The quantitative estimate of drug-likeness (QED) is 0.639. The summed E-state index contributed by atoms with van der Waals surface area (Å²) in [6, 6.07) is 0. The molecule has 0 aliphatic rings. The molecule has 1 rings (SSSR count). The lowest BCUT2D eigenvalue weighted by Gasteiger charge is -2.05. The second-order valence-corrected chi connectivity index (χ2v) is 3.07. The summed E-state index contributed by atoms with van der Waals surface area (Å²) in [5.74, 6) is 0.0759. The average molecular weight is 292 g/mol. The van der Waals surface area contributed by atoms with Crippen LogP contribution in [-0.4, -0.2) is 21.4 Å². The zero-order valence-corrected chi connectivity index (χ0v) is 9.19. The van der Waals surface area contributed by atoms with E-state index in [4.69, 9.17) is 5.11 Å². The molecule has 1 heterocycles. The number of hydrogen-bond acceptors (Lipinski definition) is 4. The zero-order valence-electron chi connectivity index (χ0n) is 7.03. The summed E-state index contributed by atoms with van der Waals surface area (Å²) in [5.41, 5.74) is 1.64. The predicted molar refractivity (Wildman–Crippen MR) is 58.2 cm³/mol. The molecule has 0 fully saturated rings. The molecule has 0 spiro atoms. The van der Waals surface area contributed by atoms with Crippen LogP contribution < -0.4 is 0 Å². The Hall–Kier alpha value is -0.690. The van der Waals surface area contributed by atoms with Gasteiger partial charge in [0, 0.05) is 23.5 Å². The first-order valence-corrected chi connectivity index (χ1v) is 4.59. The summed E-state index contributed by atoms with van der Waals surface area (Å²) in [4.78, 5) is 3.92. The molecule has 4 nitrogen and oxygen atoms in total. The largest absolute Gasteiger partial charge is 0.505 e. The van der Waals surface area contributed by atoms with Crippen LogP contribution >= 0.6 is 22.9 Å². The number of halogens is 1. The van der Waals surface area contributed by atoms with E-state index in [0.717, 1.165) is 0 Å². The molecule has 0 atom stereocenters. The fourth-order valence-corrected chi connectivity index (χ4v) is 1.25. The highest BCUT2D eigenvalue weighted by Crippen LogP contribution is 2.22. The number of hydrogen-bond donors (Lipinski definition) is 2. The Morgan fingerprint density at radius 2 is 2.38 bits per heavy atom. The van der Waals surface area contributed by atoms with E-state index in [9.17, 15) is 5.11 Å². The second kappa shape index (κ2) is 4.52. The van der Waals surface area contributed by atoms with Crippen molar-refractivity contribution in [2.45, 2.75) is 13.5 Å². The molecule has 13 heavy (non-hydrogen) atoms. The summed E-state index contributed by atoms with van der Waals surface area (Å²) in [7, 11) is 0. The molecule has 5 heteroatoms. The van der Waals surface area contributed by atoms with E-state index in [0.29, 0.717) is 16.8 Å². The first-order chi connectivity index (χ1) is 6.20. The van der Waals surface area contributed by atoms with Crippen molar-refractivity contribution >= 4 is 29.1 Å². The van der Waals surface area contributed by atoms with E-state index in [2.05, 4.69) is 8.19 Å². The maximum Gasteiger partial charge on any atom is 0.145 e. The van der Waals surface area contributed by atoms with Crippen molar-refractivity contribution < 1.29 is 10.2 Å². The van der Waals surface area contributed by atoms with Crippen LogP contribution in [-0.2, 0) is 6.61 Å². The predicted octanol–water partition coefficient (Wildman–Crippen LogP) is 1.36. The highest BCUT2D eigenvalue weighted by atomic mass is 127. The van der Waals surface area contributed by atoms with Gasteiger partial charge in [0.15, 0.2) is 0 Å². The van der Waals surface area contributed by atoms with Gasteiger partial charge in [0.2, 0.25) is 0 Å². The Kier molecular flexibility index (Phi) is 3.61. The number of aliphatic hydroxyl groups excluding tert-OH is 1. The summed E-state index contributed by atoms with van der Waals surface area (Å²) in [6.07, 6.45) is 3.03. The molecule has 0 aliphatic heterocycles. The van der Waals surface area contributed by atoms with Gasteiger partial charge in [0.25, 0.3) is 0 Å². The Morgan fingerprint density at radius 3 is 2.92 bits per heavy atom. The van der Waals surface area contributed by atoms with Crippen molar-refractivity contribution in [1.29, 1.82) is 0 Å². The molecular formula is C8H9IN2O2. The lowest BCUT2D eigenvalue weighted by Crippen LogP contribution is -1.97. The number of aromatic hydroxyl groups is 1. The van der Waals surface area contributed by atoms with Gasteiger partial charge in [0.05, 0.1) is 35.2 Å². The molecule has 70 valence electrons. The van der Waals surface area contributed by atoms with Gasteiger partial charge in [-0.05, 0) is 6.92 Å². The third-order valence-corrected chi connectivity index (χ3v) is 1.98. The monoisotopic (exact) mass is 292 g/mol. The normalized spacial score (nSPS) is 11.0. The van der Waals surface area contributed by atoms with E-state index in [1.807, 2.05) is 22.9 Å². The molecule has 1 aromatic rings. The summed E-state index contributed by atoms with van der Waals surface area (Å²) in [6.45, 7) is 1.54. The van der Waals surface area contributed by atoms with E-state index in [-0.39, 0.29) is 12.4 Å². The molecule has 0 saturated heterocycles. The molecule has 0 saturated carbocycles. The minimum atomic E-state index is -0.154. The van der Waals surface area contributed by atoms with Crippen molar-refractivity contribution in [3.63, 3.8) is 0 Å². The van der Waals surface area contributed by atoms with Crippen LogP contribution in [0.4, 0.5) is 0 Å². The van der Waals surface area contributed by atoms with Gasteiger partial charge in [-0.15, -0.1) is 0 Å². The van der Waals surface area contributed by atoms with Gasteiger partial charge in [-0.1, -0.05) is 0 Å². The summed E-state index contributed by atoms with van der Waals surface area (Å²) in [5, 5.41) is 18.5. The standard InChI is InChI=1S/C8H9IN2O2/c1-5-8(13)7(3-11-9)6(4-12)2-10-5/h2-3,12-13H,4H2,1H3/b11-3+. The van der Waals surface area contributed by atoms with Crippen molar-refractivity contribution in [3.8, 4) is 5.75 Å². The number of aryl methyl sites for hydroxylation is 1. The van der Waals surface area contributed by atoms with Crippen LogP contribution in [0.2, 0.25) is 0 Å². The summed E-state index contributed by atoms with van der Waals surface area (Å²) >= 11 is 1.81. The number of aliphatic hydroxyl groups is 1. The number of nitrogens with zero attached hydrogens (tertiary/aromatic N) is 2. The van der Waals surface area contributed by atoms with Crippen LogP contribution in [0, 0.1) is 6.92 Å². The van der Waals surface area contributed by atoms with Crippen molar-refractivity contribution in [3.05, 3.63) is 23.0 Å². The fraction of sp³-hybridized carbons (Fsp3) is 0.250. The molecule has 2 N–H and O–H groups in total. The molecule has 0 bridgehead atoms. The Morgan fingerprint density at radius 1 is 1.69 bits per heavy atom. The highest BCUT2D eigenvalue weighted by molar-refractivity contribution is 14.1. The SMILES string of the molecule is Cc1ncc(CO)c(/C=N/I)c1O. The first-order valence-electron chi connectivity index (χ1n) is 3.63. The van der Waals surface area contributed by atoms with Crippen LogP contribution in [0.25, 0.3) is 0 Å². The number of pyridine rings is 1. The van der Waals surface area contributed by atoms with Crippen LogP contribution in [0.3, 0.4) is 0 Å². The first kappa shape index (κ1) is 10.4. The topological polar surface area (TPSA) is 65.7 Å². The molecule has 0 aromatic carbocycles. The van der Waals surface area contributed by atoms with Crippen LogP contribution in [0.15, 0.2) is 9.40 Å². The van der Waals surface area contributed by atoms with Crippen molar-refractivity contribution in [2.75, 3.05) is 0 Å². The lowest BCUT2D eigenvalue weighted by atomic mass is 10.1. The fourth-order valence-electron chi connectivity index (χ4n) is 0.971. The van der Waals surface area contributed by atoms with Crippen molar-refractivity contribution in [1.82, 2.24) is 4.98 Å². The van der Waals surface area contributed by atoms with Gasteiger partial charge >= 0.3 is 0 Å².